The largest absolute Gasteiger partial charge is 0.491 e. The molecule has 4 aromatic rings. The normalized spacial score (nSPS) is 13.0. The molecule has 9 nitrogen and oxygen atoms in total. The SMILES string of the molecule is CCOc1nc([C@@H](CS(C)(=O)=O)n2c(=O)[nH]c3cc(-c4ccccc4C(F)(F)F)cnc32)ccc1OC. The van der Waals surface area contributed by atoms with E-state index in [2.05, 4.69) is 15.0 Å². The molecular weight excluding hydrogens is 513 g/mol. The van der Waals surface area contributed by atoms with Crippen molar-refractivity contribution in [2.24, 2.45) is 0 Å². The Kier molecular flexibility index (Phi) is 7.00. The average molecular weight is 537 g/mol. The van der Waals surface area contributed by atoms with Crippen molar-refractivity contribution in [1.82, 2.24) is 19.5 Å². The number of aromatic amines is 1. The summed E-state index contributed by atoms with van der Waals surface area (Å²) < 4.78 is 77.1. The van der Waals surface area contributed by atoms with Gasteiger partial charge in [0.2, 0.25) is 0 Å². The number of methoxy groups -OCH3 is 1. The van der Waals surface area contributed by atoms with Gasteiger partial charge in [0.1, 0.15) is 9.84 Å². The lowest BCUT2D eigenvalue weighted by Gasteiger charge is -2.19. The molecule has 0 amide bonds. The molecular formula is C24H23F3N4O5S. The van der Waals surface area contributed by atoms with Crippen LogP contribution < -0.4 is 15.2 Å². The molecule has 0 bridgehead atoms. The number of rotatable bonds is 8. The number of alkyl halides is 3. The number of hydrogen-bond acceptors (Lipinski definition) is 7. The fourth-order valence-electron chi connectivity index (χ4n) is 4.03. The molecule has 3 heterocycles. The van der Waals surface area contributed by atoms with E-state index >= 15 is 0 Å². The number of imidazole rings is 1. The third kappa shape index (κ3) is 5.45. The molecule has 1 atom stereocenters. The first-order valence-electron chi connectivity index (χ1n) is 11.0. The molecule has 0 unspecified atom stereocenters. The minimum atomic E-state index is -4.59. The number of halogens is 3. The topological polar surface area (TPSA) is 116 Å². The van der Waals surface area contributed by atoms with Gasteiger partial charge in [0, 0.05) is 18.0 Å². The molecule has 0 radical (unpaired) electrons. The zero-order chi connectivity index (χ0) is 27.0. The van der Waals surface area contributed by atoms with Crippen molar-refractivity contribution >= 4 is 21.0 Å². The Hall–Kier alpha value is -3.87. The van der Waals surface area contributed by atoms with E-state index < -0.39 is 39.1 Å². The average Bonchev–Trinajstić information content (AvgIpc) is 3.16. The minimum absolute atomic E-state index is 0.0578. The number of nitrogens with zero attached hydrogens (tertiary/aromatic N) is 3. The summed E-state index contributed by atoms with van der Waals surface area (Å²) in [5, 5.41) is 0. The van der Waals surface area contributed by atoms with Crippen LogP contribution in [0.1, 0.15) is 24.2 Å². The molecule has 37 heavy (non-hydrogen) atoms. The van der Waals surface area contributed by atoms with Crippen LogP contribution in [0.15, 0.2) is 53.5 Å². The molecule has 1 N–H and O–H groups in total. The summed E-state index contributed by atoms with van der Waals surface area (Å²) in [6.07, 6.45) is -2.36. The molecule has 0 spiro atoms. The Balaban J connectivity index is 1.89. The van der Waals surface area contributed by atoms with Crippen LogP contribution in [0.4, 0.5) is 13.2 Å². The van der Waals surface area contributed by atoms with Crippen LogP contribution >= 0.6 is 0 Å². The fourth-order valence-corrected chi connectivity index (χ4v) is 4.93. The second-order valence-corrected chi connectivity index (χ2v) is 10.4. The standard InChI is InChI=1S/C24H23F3N4O5S/c1-4-36-22-20(35-2)10-9-17(29-22)19(13-37(3,33)34)31-21-18(30-23(31)32)11-14(12-28-21)15-7-5-6-8-16(15)24(25,26)27/h5-12,19H,4,13H2,1-3H3,(H,30,32)/t19-/m1/s1. The van der Waals surface area contributed by atoms with Gasteiger partial charge in [-0.2, -0.15) is 13.2 Å². The van der Waals surface area contributed by atoms with Crippen molar-refractivity contribution in [2.75, 3.05) is 25.7 Å². The van der Waals surface area contributed by atoms with E-state index in [4.69, 9.17) is 9.47 Å². The Morgan fingerprint density at radius 3 is 2.54 bits per heavy atom. The van der Waals surface area contributed by atoms with Crippen molar-refractivity contribution in [3.8, 4) is 22.8 Å². The number of nitrogens with one attached hydrogen (secondary N) is 1. The summed E-state index contributed by atoms with van der Waals surface area (Å²) in [4.78, 5) is 24.3. The smallest absolute Gasteiger partial charge is 0.417 e. The molecule has 196 valence electrons. The second kappa shape index (κ2) is 9.88. The highest BCUT2D eigenvalue weighted by Gasteiger charge is 2.33. The number of pyridine rings is 2. The van der Waals surface area contributed by atoms with E-state index in [1.54, 1.807) is 13.0 Å². The molecule has 4 rings (SSSR count). The molecule has 0 aliphatic heterocycles. The maximum absolute atomic E-state index is 13.5. The fraction of sp³-hybridized carbons (Fsp3) is 0.292. The van der Waals surface area contributed by atoms with Gasteiger partial charge in [-0.05, 0) is 36.8 Å². The lowest BCUT2D eigenvalue weighted by atomic mass is 10.0. The highest BCUT2D eigenvalue weighted by molar-refractivity contribution is 7.90. The van der Waals surface area contributed by atoms with Gasteiger partial charge in [-0.25, -0.2) is 23.2 Å². The van der Waals surface area contributed by atoms with Crippen LogP contribution in [0, 0.1) is 0 Å². The van der Waals surface area contributed by atoms with Crippen molar-refractivity contribution in [2.45, 2.75) is 19.1 Å². The predicted molar refractivity (Wildman–Crippen MR) is 131 cm³/mol. The molecule has 0 saturated heterocycles. The Morgan fingerprint density at radius 2 is 1.89 bits per heavy atom. The van der Waals surface area contributed by atoms with Crippen molar-refractivity contribution in [1.29, 1.82) is 0 Å². The van der Waals surface area contributed by atoms with Crippen LogP contribution in [-0.2, 0) is 16.0 Å². The highest BCUT2D eigenvalue weighted by atomic mass is 32.2. The summed E-state index contributed by atoms with van der Waals surface area (Å²) in [5.41, 5.74) is -1.13. The lowest BCUT2D eigenvalue weighted by Crippen LogP contribution is -2.29. The highest BCUT2D eigenvalue weighted by Crippen LogP contribution is 2.37. The van der Waals surface area contributed by atoms with Crippen molar-refractivity contribution in [3.05, 3.63) is 70.4 Å². The van der Waals surface area contributed by atoms with Crippen LogP contribution in [0.25, 0.3) is 22.3 Å². The first kappa shape index (κ1) is 26.2. The molecule has 0 aliphatic rings. The van der Waals surface area contributed by atoms with Gasteiger partial charge in [-0.3, -0.25) is 4.57 Å². The zero-order valence-electron chi connectivity index (χ0n) is 20.0. The van der Waals surface area contributed by atoms with E-state index in [1.807, 2.05) is 0 Å². The summed E-state index contributed by atoms with van der Waals surface area (Å²) in [6, 6.07) is 8.33. The molecule has 0 saturated carbocycles. The summed E-state index contributed by atoms with van der Waals surface area (Å²) in [6.45, 7) is 2.00. The number of ether oxygens (including phenoxy) is 2. The van der Waals surface area contributed by atoms with E-state index in [9.17, 15) is 26.4 Å². The van der Waals surface area contributed by atoms with Crippen LogP contribution in [0.2, 0.25) is 0 Å². The van der Waals surface area contributed by atoms with E-state index in [0.29, 0.717) is 5.75 Å². The third-order valence-corrected chi connectivity index (χ3v) is 6.48. The van der Waals surface area contributed by atoms with Crippen molar-refractivity contribution < 1.29 is 31.1 Å². The number of hydrogen-bond donors (Lipinski definition) is 1. The van der Waals surface area contributed by atoms with E-state index in [-0.39, 0.29) is 40.5 Å². The lowest BCUT2D eigenvalue weighted by molar-refractivity contribution is -0.137. The first-order chi connectivity index (χ1) is 17.4. The minimum Gasteiger partial charge on any atom is -0.491 e. The molecule has 1 aromatic carbocycles. The van der Waals surface area contributed by atoms with Crippen LogP contribution in [0.3, 0.4) is 0 Å². The van der Waals surface area contributed by atoms with Gasteiger partial charge in [0.15, 0.2) is 11.4 Å². The van der Waals surface area contributed by atoms with Gasteiger partial charge in [0.05, 0.1) is 42.3 Å². The maximum Gasteiger partial charge on any atom is 0.417 e. The monoisotopic (exact) mass is 536 g/mol. The summed E-state index contributed by atoms with van der Waals surface area (Å²) in [5.74, 6) is -0.0561. The quantitative estimate of drug-likeness (QED) is 0.364. The van der Waals surface area contributed by atoms with Crippen LogP contribution in [-0.4, -0.2) is 53.7 Å². The van der Waals surface area contributed by atoms with Crippen molar-refractivity contribution in [3.63, 3.8) is 0 Å². The molecule has 0 aliphatic carbocycles. The molecule has 0 fully saturated rings. The molecule has 3 aromatic heterocycles. The number of sulfone groups is 1. The number of benzene rings is 1. The Bertz CT molecular complexity index is 1610. The van der Waals surface area contributed by atoms with E-state index in [1.165, 1.54) is 43.6 Å². The second-order valence-electron chi connectivity index (χ2n) is 8.22. The number of H-pyrrole nitrogens is 1. The van der Waals surface area contributed by atoms with Gasteiger partial charge >= 0.3 is 11.9 Å². The zero-order valence-corrected chi connectivity index (χ0v) is 20.9. The Morgan fingerprint density at radius 1 is 1.16 bits per heavy atom. The summed E-state index contributed by atoms with van der Waals surface area (Å²) >= 11 is 0. The van der Waals surface area contributed by atoms with Gasteiger partial charge < -0.3 is 14.5 Å². The van der Waals surface area contributed by atoms with Gasteiger partial charge in [-0.15, -0.1) is 0 Å². The Labute approximate surface area is 209 Å². The number of fused-ring (bicyclic) bond motifs is 1. The van der Waals surface area contributed by atoms with Crippen LogP contribution in [0.5, 0.6) is 11.6 Å². The van der Waals surface area contributed by atoms with E-state index in [0.717, 1.165) is 16.9 Å². The number of aromatic nitrogens is 4. The molecule has 13 heteroatoms. The third-order valence-electron chi connectivity index (χ3n) is 5.56. The predicted octanol–water partition coefficient (Wildman–Crippen LogP) is 3.85. The van der Waals surface area contributed by atoms with Gasteiger partial charge in [-0.1, -0.05) is 18.2 Å². The van der Waals surface area contributed by atoms with Gasteiger partial charge in [0.25, 0.3) is 5.88 Å². The first-order valence-corrected chi connectivity index (χ1v) is 13.1. The maximum atomic E-state index is 13.5. The summed E-state index contributed by atoms with van der Waals surface area (Å²) in [7, 11) is -2.21.